The molecule has 0 spiro atoms. The van der Waals surface area contributed by atoms with E-state index >= 15 is 0 Å². The fourth-order valence-electron chi connectivity index (χ4n) is 3.83. The van der Waals surface area contributed by atoms with Crippen LogP contribution in [0.25, 0.3) is 0 Å². The molecular formula is C20H22N4O2. The monoisotopic (exact) mass is 350 g/mol. The number of rotatable bonds is 4. The zero-order valence-corrected chi connectivity index (χ0v) is 15.1. The maximum absolute atomic E-state index is 13.2. The lowest BCUT2D eigenvalue weighted by atomic mass is 10.0. The molecular weight excluding hydrogens is 328 g/mol. The molecule has 0 saturated carbocycles. The van der Waals surface area contributed by atoms with Crippen LogP contribution in [0.4, 0.5) is 0 Å². The number of benzene rings is 1. The molecule has 2 aromatic heterocycles. The van der Waals surface area contributed by atoms with Crippen LogP contribution in [0.15, 0.2) is 47.2 Å². The zero-order valence-electron chi connectivity index (χ0n) is 15.1. The summed E-state index contributed by atoms with van der Waals surface area (Å²) in [7, 11) is 0. The van der Waals surface area contributed by atoms with E-state index in [1.54, 1.807) is 6.20 Å². The van der Waals surface area contributed by atoms with Crippen molar-refractivity contribution in [2.45, 2.75) is 39.3 Å². The van der Waals surface area contributed by atoms with Crippen LogP contribution in [0.3, 0.4) is 0 Å². The van der Waals surface area contributed by atoms with E-state index in [9.17, 15) is 4.79 Å². The number of carbonyl (C=O) groups is 1. The van der Waals surface area contributed by atoms with Crippen LogP contribution < -0.4 is 0 Å². The number of aryl methyl sites for hydroxylation is 2. The Balaban J connectivity index is 1.59. The van der Waals surface area contributed by atoms with E-state index in [0.717, 1.165) is 42.0 Å². The van der Waals surface area contributed by atoms with Crippen molar-refractivity contribution in [2.24, 2.45) is 0 Å². The van der Waals surface area contributed by atoms with Gasteiger partial charge in [-0.2, -0.15) is 5.10 Å². The Bertz CT molecular complexity index is 894. The second-order valence-electron chi connectivity index (χ2n) is 6.80. The molecule has 4 rings (SSSR count). The molecule has 1 amide bonds. The maximum Gasteiger partial charge on any atom is 0.254 e. The Kier molecular flexibility index (Phi) is 4.32. The van der Waals surface area contributed by atoms with Gasteiger partial charge in [0.05, 0.1) is 18.3 Å². The van der Waals surface area contributed by atoms with Crippen LogP contribution in [-0.2, 0) is 6.54 Å². The van der Waals surface area contributed by atoms with Gasteiger partial charge in [-0.15, -0.1) is 0 Å². The first-order chi connectivity index (χ1) is 12.6. The highest BCUT2D eigenvalue weighted by molar-refractivity contribution is 5.95. The van der Waals surface area contributed by atoms with E-state index in [1.807, 2.05) is 60.0 Å². The van der Waals surface area contributed by atoms with Gasteiger partial charge in [0.1, 0.15) is 5.76 Å². The number of aromatic nitrogens is 3. The first kappa shape index (κ1) is 16.6. The highest BCUT2D eigenvalue weighted by atomic mass is 16.5. The molecule has 0 aliphatic carbocycles. The fourth-order valence-corrected chi connectivity index (χ4v) is 3.83. The van der Waals surface area contributed by atoms with Crippen molar-refractivity contribution in [1.82, 2.24) is 19.8 Å². The van der Waals surface area contributed by atoms with Crippen LogP contribution in [0.5, 0.6) is 0 Å². The minimum atomic E-state index is 0.0449. The Morgan fingerprint density at radius 2 is 2.19 bits per heavy atom. The summed E-state index contributed by atoms with van der Waals surface area (Å²) in [5.74, 6) is 0.870. The van der Waals surface area contributed by atoms with E-state index in [4.69, 9.17) is 4.52 Å². The molecule has 6 nitrogen and oxygen atoms in total. The molecule has 1 fully saturated rings. The van der Waals surface area contributed by atoms with Crippen LogP contribution >= 0.6 is 0 Å². The highest BCUT2D eigenvalue weighted by Gasteiger charge is 2.34. The molecule has 0 unspecified atom stereocenters. The topological polar surface area (TPSA) is 64.2 Å². The summed E-state index contributed by atoms with van der Waals surface area (Å²) in [5, 5.41) is 8.29. The summed E-state index contributed by atoms with van der Waals surface area (Å²) in [6, 6.07) is 9.75. The summed E-state index contributed by atoms with van der Waals surface area (Å²) in [5.41, 5.74) is 3.71. The molecule has 6 heteroatoms. The molecule has 0 radical (unpaired) electrons. The minimum Gasteiger partial charge on any atom is -0.361 e. The first-order valence-electron chi connectivity index (χ1n) is 8.93. The second kappa shape index (κ2) is 6.78. The van der Waals surface area contributed by atoms with E-state index < -0.39 is 0 Å². The van der Waals surface area contributed by atoms with E-state index in [0.29, 0.717) is 12.1 Å². The SMILES string of the molecule is Cc1noc(C)c1[C@@H]1CCCN1C(=O)c1cccc(Cn2cccn2)c1. The van der Waals surface area contributed by atoms with Gasteiger partial charge in [0.2, 0.25) is 0 Å². The minimum absolute atomic E-state index is 0.0449. The molecule has 3 aromatic rings. The van der Waals surface area contributed by atoms with Gasteiger partial charge in [0.15, 0.2) is 0 Å². The summed E-state index contributed by atoms with van der Waals surface area (Å²) in [6.45, 7) is 5.27. The Morgan fingerprint density at radius 1 is 1.31 bits per heavy atom. The van der Waals surface area contributed by atoms with Crippen molar-refractivity contribution in [2.75, 3.05) is 6.54 Å². The van der Waals surface area contributed by atoms with Crippen molar-refractivity contribution in [3.8, 4) is 0 Å². The third-order valence-corrected chi connectivity index (χ3v) is 5.01. The number of hydrogen-bond donors (Lipinski definition) is 0. The molecule has 1 atom stereocenters. The van der Waals surface area contributed by atoms with Crippen molar-refractivity contribution < 1.29 is 9.32 Å². The fraction of sp³-hybridized carbons (Fsp3) is 0.350. The third kappa shape index (κ3) is 3.03. The number of hydrogen-bond acceptors (Lipinski definition) is 4. The summed E-state index contributed by atoms with van der Waals surface area (Å²) >= 11 is 0. The van der Waals surface area contributed by atoms with Gasteiger partial charge in [-0.05, 0) is 50.5 Å². The highest BCUT2D eigenvalue weighted by Crippen LogP contribution is 2.36. The maximum atomic E-state index is 13.2. The van der Waals surface area contributed by atoms with E-state index in [2.05, 4.69) is 10.3 Å². The molecule has 1 aromatic carbocycles. The van der Waals surface area contributed by atoms with Gasteiger partial charge >= 0.3 is 0 Å². The van der Waals surface area contributed by atoms with Crippen LogP contribution in [-0.4, -0.2) is 32.3 Å². The number of carbonyl (C=O) groups excluding carboxylic acids is 1. The number of amides is 1. The average Bonchev–Trinajstić information content (AvgIpc) is 3.37. The van der Waals surface area contributed by atoms with Gasteiger partial charge in [0, 0.05) is 30.1 Å². The molecule has 134 valence electrons. The van der Waals surface area contributed by atoms with Gasteiger partial charge in [0.25, 0.3) is 5.91 Å². The molecule has 26 heavy (non-hydrogen) atoms. The van der Waals surface area contributed by atoms with Crippen molar-refractivity contribution in [1.29, 1.82) is 0 Å². The van der Waals surface area contributed by atoms with Crippen molar-refractivity contribution >= 4 is 5.91 Å². The van der Waals surface area contributed by atoms with Crippen LogP contribution in [0.1, 0.15) is 51.8 Å². The lowest BCUT2D eigenvalue weighted by molar-refractivity contribution is 0.0734. The third-order valence-electron chi connectivity index (χ3n) is 5.01. The van der Waals surface area contributed by atoms with Gasteiger partial charge < -0.3 is 9.42 Å². The second-order valence-corrected chi connectivity index (χ2v) is 6.80. The van der Waals surface area contributed by atoms with Gasteiger partial charge in [-0.1, -0.05) is 17.3 Å². The molecule has 1 aliphatic rings. The Morgan fingerprint density at radius 3 is 2.92 bits per heavy atom. The van der Waals surface area contributed by atoms with Crippen molar-refractivity contribution in [3.63, 3.8) is 0 Å². The summed E-state index contributed by atoms with van der Waals surface area (Å²) < 4.78 is 7.17. The smallest absolute Gasteiger partial charge is 0.254 e. The van der Waals surface area contributed by atoms with Gasteiger partial charge in [-0.3, -0.25) is 9.48 Å². The first-order valence-corrected chi connectivity index (χ1v) is 8.93. The molecule has 0 N–H and O–H groups in total. The van der Waals surface area contributed by atoms with Gasteiger partial charge in [-0.25, -0.2) is 0 Å². The van der Waals surface area contributed by atoms with Crippen LogP contribution in [0.2, 0.25) is 0 Å². The summed E-state index contributed by atoms with van der Waals surface area (Å²) in [6.07, 6.45) is 5.62. The number of nitrogens with zero attached hydrogens (tertiary/aromatic N) is 4. The Labute approximate surface area is 152 Å². The zero-order chi connectivity index (χ0) is 18.1. The molecule has 1 saturated heterocycles. The van der Waals surface area contributed by atoms with E-state index in [-0.39, 0.29) is 11.9 Å². The lowest BCUT2D eigenvalue weighted by Crippen LogP contribution is -2.31. The van der Waals surface area contributed by atoms with Crippen LogP contribution in [0, 0.1) is 13.8 Å². The lowest BCUT2D eigenvalue weighted by Gasteiger charge is -2.25. The Hall–Kier alpha value is -2.89. The molecule has 3 heterocycles. The average molecular weight is 350 g/mol. The quantitative estimate of drug-likeness (QED) is 0.722. The number of likely N-dealkylation sites (tertiary alicyclic amines) is 1. The largest absolute Gasteiger partial charge is 0.361 e. The standard InChI is InChI=1S/C20H22N4O2/c1-14-19(15(2)26-22-14)18-8-4-11-24(18)20(25)17-7-3-6-16(12-17)13-23-10-5-9-21-23/h3,5-7,9-10,12,18H,4,8,11,13H2,1-2H3/t18-/m0/s1. The van der Waals surface area contributed by atoms with E-state index in [1.165, 1.54) is 0 Å². The predicted molar refractivity (Wildman–Crippen MR) is 96.8 cm³/mol. The molecule has 0 bridgehead atoms. The normalized spacial score (nSPS) is 17.0. The predicted octanol–water partition coefficient (Wildman–Crippen LogP) is 3.51. The summed E-state index contributed by atoms with van der Waals surface area (Å²) in [4.78, 5) is 15.1. The van der Waals surface area contributed by atoms with Crippen molar-refractivity contribution in [3.05, 3.63) is 70.9 Å². The molecule has 1 aliphatic heterocycles.